The number of hydrogen-bond donors (Lipinski definition) is 0. The molecule has 6 nitrogen and oxygen atoms in total. The maximum atomic E-state index is 12.7. The monoisotopic (exact) mass is 439 g/mol. The predicted octanol–water partition coefficient (Wildman–Crippen LogP) is 3.98. The number of piperazine rings is 1. The van der Waals surface area contributed by atoms with Gasteiger partial charge in [0.2, 0.25) is 5.91 Å². The largest absolute Gasteiger partial charge is 0.497 e. The number of carbonyl (C=O) groups excluding carboxylic acids is 1. The Morgan fingerprint density at radius 3 is 2.61 bits per heavy atom. The molecule has 1 aromatic heterocycles. The van der Waals surface area contributed by atoms with Gasteiger partial charge in [-0.2, -0.15) is 0 Å². The van der Waals surface area contributed by atoms with Crippen LogP contribution in [0.4, 0.5) is 0 Å². The molecule has 1 fully saturated rings. The Morgan fingerprint density at radius 1 is 1.06 bits per heavy atom. The van der Waals surface area contributed by atoms with Crippen LogP contribution in [-0.4, -0.2) is 61.1 Å². The summed E-state index contributed by atoms with van der Waals surface area (Å²) in [6.07, 6.45) is 2.29. The van der Waals surface area contributed by atoms with Crippen LogP contribution in [0.2, 0.25) is 0 Å². The maximum absolute atomic E-state index is 12.7. The Labute approximate surface area is 187 Å². The van der Waals surface area contributed by atoms with Gasteiger partial charge in [-0.15, -0.1) is 11.3 Å². The van der Waals surface area contributed by atoms with Gasteiger partial charge in [-0.25, -0.2) is 4.98 Å². The summed E-state index contributed by atoms with van der Waals surface area (Å²) < 4.78 is 12.1. The molecule has 0 aliphatic carbocycles. The highest BCUT2D eigenvalue weighted by molar-refractivity contribution is 7.18. The molecule has 2 heterocycles. The fraction of sp³-hybridized carbons (Fsp3) is 0.417. The van der Waals surface area contributed by atoms with Crippen LogP contribution in [0.25, 0.3) is 10.2 Å². The lowest BCUT2D eigenvalue weighted by Crippen LogP contribution is -2.48. The number of rotatable bonds is 8. The number of benzene rings is 2. The molecular formula is C24H29N3O3S. The van der Waals surface area contributed by atoms with E-state index in [1.54, 1.807) is 25.6 Å². The second-order valence-electron chi connectivity index (χ2n) is 7.76. The highest BCUT2D eigenvalue weighted by atomic mass is 32.1. The lowest BCUT2D eigenvalue weighted by Gasteiger charge is -2.35. The van der Waals surface area contributed by atoms with E-state index >= 15 is 0 Å². The second-order valence-corrected chi connectivity index (χ2v) is 8.88. The van der Waals surface area contributed by atoms with E-state index in [1.165, 1.54) is 4.70 Å². The van der Waals surface area contributed by atoms with Crippen molar-refractivity contribution in [2.24, 2.45) is 0 Å². The first kappa shape index (κ1) is 21.6. The number of ether oxygens (including phenoxy) is 2. The number of aryl methyl sites for hydroxylation is 1. The van der Waals surface area contributed by atoms with E-state index in [0.717, 1.165) is 73.2 Å². The maximum Gasteiger partial charge on any atom is 0.222 e. The van der Waals surface area contributed by atoms with E-state index in [2.05, 4.69) is 16.0 Å². The molecule has 0 bridgehead atoms. The van der Waals surface area contributed by atoms with Gasteiger partial charge in [0.05, 0.1) is 29.4 Å². The Bertz CT molecular complexity index is 995. The molecule has 2 aromatic carbocycles. The van der Waals surface area contributed by atoms with Crippen molar-refractivity contribution in [3.05, 3.63) is 53.0 Å². The Hall–Kier alpha value is -2.64. The van der Waals surface area contributed by atoms with Crippen molar-refractivity contribution < 1.29 is 14.3 Å². The summed E-state index contributed by atoms with van der Waals surface area (Å²) >= 11 is 1.73. The van der Waals surface area contributed by atoms with Gasteiger partial charge >= 0.3 is 0 Å². The number of para-hydroxylation sites is 1. The van der Waals surface area contributed by atoms with E-state index in [9.17, 15) is 4.79 Å². The van der Waals surface area contributed by atoms with Gasteiger partial charge in [-0.05, 0) is 43.2 Å². The van der Waals surface area contributed by atoms with Gasteiger partial charge in [0.1, 0.15) is 11.5 Å². The van der Waals surface area contributed by atoms with Crippen LogP contribution in [0.15, 0.2) is 42.5 Å². The zero-order valence-electron chi connectivity index (χ0n) is 18.2. The number of methoxy groups -OCH3 is 2. The average Bonchev–Trinajstić information content (AvgIpc) is 3.22. The Balaban J connectivity index is 1.23. The minimum absolute atomic E-state index is 0.250. The van der Waals surface area contributed by atoms with E-state index in [0.29, 0.717) is 6.42 Å². The smallest absolute Gasteiger partial charge is 0.222 e. The molecule has 1 saturated heterocycles. The van der Waals surface area contributed by atoms with Crippen molar-refractivity contribution in [2.45, 2.75) is 25.8 Å². The second kappa shape index (κ2) is 10.1. The molecule has 31 heavy (non-hydrogen) atoms. The lowest BCUT2D eigenvalue weighted by atomic mass is 10.1. The molecule has 1 aliphatic rings. The summed E-state index contributed by atoms with van der Waals surface area (Å²) in [6.45, 7) is 4.06. The van der Waals surface area contributed by atoms with Gasteiger partial charge in [0.15, 0.2) is 0 Å². The molecule has 3 aromatic rings. The molecule has 164 valence electrons. The van der Waals surface area contributed by atoms with Crippen molar-refractivity contribution in [1.82, 2.24) is 14.8 Å². The number of hydrogen-bond acceptors (Lipinski definition) is 6. The predicted molar refractivity (Wildman–Crippen MR) is 124 cm³/mol. The Morgan fingerprint density at radius 2 is 1.87 bits per heavy atom. The van der Waals surface area contributed by atoms with Gasteiger partial charge in [-0.3, -0.25) is 9.69 Å². The average molecular weight is 440 g/mol. The summed E-state index contributed by atoms with van der Waals surface area (Å²) in [4.78, 5) is 21.7. The van der Waals surface area contributed by atoms with E-state index < -0.39 is 0 Å². The van der Waals surface area contributed by atoms with Crippen LogP contribution in [0.3, 0.4) is 0 Å². The molecule has 0 saturated carbocycles. The first-order valence-corrected chi connectivity index (χ1v) is 11.5. The summed E-state index contributed by atoms with van der Waals surface area (Å²) in [6, 6.07) is 14.1. The van der Waals surface area contributed by atoms with Crippen LogP contribution in [0, 0.1) is 0 Å². The number of aromatic nitrogens is 1. The van der Waals surface area contributed by atoms with Crippen molar-refractivity contribution in [2.75, 3.05) is 40.4 Å². The van der Waals surface area contributed by atoms with E-state index in [1.807, 2.05) is 41.3 Å². The number of nitrogens with zero attached hydrogens (tertiary/aromatic N) is 3. The Kier molecular flexibility index (Phi) is 7.04. The first-order chi connectivity index (χ1) is 15.2. The molecule has 0 unspecified atom stereocenters. The standard InChI is InChI=1S/C24H29N3O3S/c1-29-19-10-11-21(30-2)18(16-19)17-26-12-14-27(15-13-26)24(28)9-5-8-23-25-20-6-3-4-7-22(20)31-23/h3-4,6-7,10-11,16H,5,8-9,12-15,17H2,1-2H3. The zero-order valence-corrected chi connectivity index (χ0v) is 19.0. The van der Waals surface area contributed by atoms with Crippen LogP contribution in [-0.2, 0) is 17.8 Å². The molecule has 0 spiro atoms. The van der Waals surface area contributed by atoms with Gasteiger partial charge in [-0.1, -0.05) is 12.1 Å². The number of thiazole rings is 1. The molecule has 0 radical (unpaired) electrons. The van der Waals surface area contributed by atoms with E-state index in [-0.39, 0.29) is 5.91 Å². The highest BCUT2D eigenvalue weighted by Gasteiger charge is 2.22. The minimum atomic E-state index is 0.250. The minimum Gasteiger partial charge on any atom is -0.497 e. The molecular weight excluding hydrogens is 410 g/mol. The molecule has 1 aliphatic heterocycles. The van der Waals surface area contributed by atoms with Crippen LogP contribution < -0.4 is 9.47 Å². The molecule has 4 rings (SSSR count). The molecule has 1 amide bonds. The third kappa shape index (κ3) is 5.35. The summed E-state index contributed by atoms with van der Waals surface area (Å²) in [5.74, 6) is 1.95. The highest BCUT2D eigenvalue weighted by Crippen LogP contribution is 2.26. The number of fused-ring (bicyclic) bond motifs is 1. The summed E-state index contributed by atoms with van der Waals surface area (Å²) in [7, 11) is 3.36. The molecule has 0 atom stereocenters. The van der Waals surface area contributed by atoms with Crippen LogP contribution in [0.5, 0.6) is 11.5 Å². The fourth-order valence-electron chi connectivity index (χ4n) is 3.98. The lowest BCUT2D eigenvalue weighted by molar-refractivity contribution is -0.133. The van der Waals surface area contributed by atoms with Crippen LogP contribution in [0.1, 0.15) is 23.4 Å². The third-order valence-corrected chi connectivity index (χ3v) is 6.82. The number of carbonyl (C=O) groups is 1. The van der Waals surface area contributed by atoms with Crippen molar-refractivity contribution in [1.29, 1.82) is 0 Å². The zero-order chi connectivity index (χ0) is 21.6. The number of amides is 1. The quantitative estimate of drug-likeness (QED) is 0.531. The third-order valence-electron chi connectivity index (χ3n) is 5.73. The molecule has 0 N–H and O–H groups in total. The van der Waals surface area contributed by atoms with Crippen molar-refractivity contribution in [3.8, 4) is 11.5 Å². The SMILES string of the molecule is COc1ccc(OC)c(CN2CCN(C(=O)CCCc3nc4ccccc4s3)CC2)c1. The summed E-state index contributed by atoms with van der Waals surface area (Å²) in [5, 5.41) is 1.12. The van der Waals surface area contributed by atoms with Crippen molar-refractivity contribution in [3.63, 3.8) is 0 Å². The van der Waals surface area contributed by atoms with Gasteiger partial charge in [0, 0.05) is 44.7 Å². The summed E-state index contributed by atoms with van der Waals surface area (Å²) in [5.41, 5.74) is 2.16. The van der Waals surface area contributed by atoms with Crippen LogP contribution >= 0.6 is 11.3 Å². The van der Waals surface area contributed by atoms with Gasteiger partial charge in [0.25, 0.3) is 0 Å². The first-order valence-electron chi connectivity index (χ1n) is 10.7. The van der Waals surface area contributed by atoms with Gasteiger partial charge < -0.3 is 14.4 Å². The molecule has 7 heteroatoms. The fourth-order valence-corrected chi connectivity index (χ4v) is 4.99. The van der Waals surface area contributed by atoms with Crippen molar-refractivity contribution >= 4 is 27.5 Å². The topological polar surface area (TPSA) is 54.9 Å². The normalized spacial score (nSPS) is 14.7. The van der Waals surface area contributed by atoms with E-state index in [4.69, 9.17) is 9.47 Å².